The van der Waals surface area contributed by atoms with Crippen molar-refractivity contribution in [1.29, 1.82) is 0 Å². The molecular weight excluding hydrogens is 321 g/mol. The van der Waals surface area contributed by atoms with Gasteiger partial charge in [0.05, 0.1) is 13.0 Å². The number of carbonyl (C=O) groups is 1. The summed E-state index contributed by atoms with van der Waals surface area (Å²) in [5.74, 6) is 0.624. The lowest BCUT2D eigenvalue weighted by Crippen LogP contribution is -2.05. The molecule has 1 fully saturated rings. The Kier molecular flexibility index (Phi) is 2.79. The number of methoxy groups -OCH3 is 1. The Bertz CT molecular complexity index is 642. The molecule has 94 valence electrons. The summed E-state index contributed by atoms with van der Waals surface area (Å²) in [6.45, 7) is 0. The minimum absolute atomic E-state index is 0.0923. The van der Waals surface area contributed by atoms with Gasteiger partial charge in [-0.2, -0.15) is 0 Å². The lowest BCUT2D eigenvalue weighted by molar-refractivity contribution is -0.142. The molecule has 3 rings (SSSR count). The fourth-order valence-corrected chi connectivity index (χ4v) is 3.05. The molecule has 0 spiro atoms. The highest BCUT2D eigenvalue weighted by molar-refractivity contribution is 9.10. The first kappa shape index (κ1) is 11.9. The summed E-state index contributed by atoms with van der Waals surface area (Å²) in [7, 11) is 1.40. The van der Waals surface area contributed by atoms with Crippen molar-refractivity contribution < 1.29 is 9.53 Å². The van der Waals surface area contributed by atoms with Crippen molar-refractivity contribution in [2.75, 3.05) is 7.11 Å². The van der Waals surface area contributed by atoms with Gasteiger partial charge in [-0.1, -0.05) is 11.6 Å². The van der Waals surface area contributed by atoms with Crippen molar-refractivity contribution in [3.63, 3.8) is 0 Å². The minimum Gasteiger partial charge on any atom is -0.469 e. The first-order valence-electron chi connectivity index (χ1n) is 5.39. The molecule has 5 nitrogen and oxygen atoms in total. The summed E-state index contributed by atoms with van der Waals surface area (Å²) in [6.07, 6.45) is 4.17. The van der Waals surface area contributed by atoms with E-state index in [1.807, 2.05) is 4.40 Å². The molecule has 0 aliphatic heterocycles. The van der Waals surface area contributed by atoms with E-state index in [4.69, 9.17) is 16.3 Å². The van der Waals surface area contributed by atoms with E-state index < -0.39 is 0 Å². The standard InChI is InChI=1S/C11H9BrClN3O2/c1-18-11(17)6-4-5(6)10-15-8(12)7-9(13)14-2-3-16(7)10/h2-3,5-6H,4H2,1H3. The van der Waals surface area contributed by atoms with Crippen LogP contribution in [0.3, 0.4) is 0 Å². The van der Waals surface area contributed by atoms with Crippen LogP contribution in [0.4, 0.5) is 0 Å². The Morgan fingerprint density at radius 2 is 2.44 bits per heavy atom. The number of esters is 1. The quantitative estimate of drug-likeness (QED) is 0.794. The second-order valence-electron chi connectivity index (χ2n) is 4.17. The third-order valence-electron chi connectivity index (χ3n) is 3.12. The van der Waals surface area contributed by atoms with Crippen LogP contribution in [0.15, 0.2) is 17.0 Å². The van der Waals surface area contributed by atoms with Gasteiger partial charge < -0.3 is 4.74 Å². The van der Waals surface area contributed by atoms with E-state index in [1.165, 1.54) is 7.11 Å². The number of hydrogen-bond acceptors (Lipinski definition) is 4. The molecule has 1 aliphatic rings. The molecule has 0 N–H and O–H groups in total. The fourth-order valence-electron chi connectivity index (χ4n) is 2.14. The van der Waals surface area contributed by atoms with Crippen LogP contribution in [-0.2, 0) is 9.53 Å². The number of nitrogens with zero attached hydrogens (tertiary/aromatic N) is 3. The molecule has 1 aliphatic carbocycles. The van der Waals surface area contributed by atoms with Crippen LogP contribution in [-0.4, -0.2) is 27.4 Å². The molecular formula is C11H9BrClN3O2. The van der Waals surface area contributed by atoms with Crippen LogP contribution in [0.1, 0.15) is 18.2 Å². The number of fused-ring (bicyclic) bond motifs is 1. The van der Waals surface area contributed by atoms with Gasteiger partial charge >= 0.3 is 5.97 Å². The Morgan fingerprint density at radius 3 is 3.17 bits per heavy atom. The average Bonchev–Trinajstić information content (AvgIpc) is 3.08. The molecule has 0 aromatic carbocycles. The van der Waals surface area contributed by atoms with Gasteiger partial charge in [0.1, 0.15) is 15.9 Å². The number of ether oxygens (including phenoxy) is 1. The Morgan fingerprint density at radius 1 is 1.67 bits per heavy atom. The Balaban J connectivity index is 2.05. The van der Waals surface area contributed by atoms with E-state index in [0.717, 1.165) is 17.8 Å². The molecule has 1 saturated carbocycles. The molecule has 2 atom stereocenters. The fraction of sp³-hybridized carbons (Fsp3) is 0.364. The normalized spacial score (nSPS) is 22.2. The molecule has 0 saturated heterocycles. The molecule has 18 heavy (non-hydrogen) atoms. The lowest BCUT2D eigenvalue weighted by Gasteiger charge is -2.00. The first-order valence-corrected chi connectivity index (χ1v) is 6.56. The summed E-state index contributed by atoms with van der Waals surface area (Å²) in [6, 6.07) is 0. The summed E-state index contributed by atoms with van der Waals surface area (Å²) in [4.78, 5) is 19.9. The van der Waals surface area contributed by atoms with Crippen molar-refractivity contribution in [3.8, 4) is 0 Å². The van der Waals surface area contributed by atoms with E-state index in [9.17, 15) is 4.79 Å². The highest BCUT2D eigenvalue weighted by Gasteiger charge is 2.47. The topological polar surface area (TPSA) is 56.5 Å². The molecule has 0 radical (unpaired) electrons. The maximum absolute atomic E-state index is 11.5. The summed E-state index contributed by atoms with van der Waals surface area (Å²) in [5, 5.41) is 0.387. The van der Waals surface area contributed by atoms with Gasteiger partial charge in [-0.25, -0.2) is 9.97 Å². The third kappa shape index (κ3) is 1.71. The van der Waals surface area contributed by atoms with Gasteiger partial charge in [-0.15, -0.1) is 0 Å². The number of hydrogen-bond donors (Lipinski definition) is 0. The molecule has 7 heteroatoms. The maximum Gasteiger partial charge on any atom is 0.309 e. The number of imidazole rings is 1. The van der Waals surface area contributed by atoms with Crippen molar-refractivity contribution in [2.24, 2.45) is 5.92 Å². The zero-order valence-electron chi connectivity index (χ0n) is 9.43. The van der Waals surface area contributed by atoms with E-state index in [1.54, 1.807) is 12.4 Å². The van der Waals surface area contributed by atoms with Gasteiger partial charge in [0.2, 0.25) is 0 Å². The highest BCUT2D eigenvalue weighted by Crippen LogP contribution is 2.48. The summed E-state index contributed by atoms with van der Waals surface area (Å²) >= 11 is 9.40. The molecule has 0 amide bonds. The van der Waals surface area contributed by atoms with Crippen LogP contribution in [0.25, 0.3) is 5.52 Å². The lowest BCUT2D eigenvalue weighted by atomic mass is 10.3. The van der Waals surface area contributed by atoms with Crippen molar-refractivity contribution in [1.82, 2.24) is 14.4 Å². The van der Waals surface area contributed by atoms with Gasteiger partial charge in [0.15, 0.2) is 5.15 Å². The van der Waals surface area contributed by atoms with E-state index in [-0.39, 0.29) is 17.8 Å². The smallest absolute Gasteiger partial charge is 0.309 e. The zero-order chi connectivity index (χ0) is 12.9. The molecule has 2 heterocycles. The van der Waals surface area contributed by atoms with Crippen LogP contribution >= 0.6 is 27.5 Å². The van der Waals surface area contributed by atoms with Gasteiger partial charge in [0.25, 0.3) is 0 Å². The van der Waals surface area contributed by atoms with Crippen LogP contribution in [0, 0.1) is 5.92 Å². The molecule has 2 aromatic rings. The predicted molar refractivity (Wildman–Crippen MR) is 68.6 cm³/mol. The van der Waals surface area contributed by atoms with Crippen LogP contribution in [0.5, 0.6) is 0 Å². The SMILES string of the molecule is COC(=O)C1CC1c1nc(Br)c2c(Cl)nccn12. The van der Waals surface area contributed by atoms with Gasteiger partial charge in [-0.05, 0) is 22.4 Å². The second kappa shape index (κ2) is 4.20. The van der Waals surface area contributed by atoms with Crippen LogP contribution < -0.4 is 0 Å². The van der Waals surface area contributed by atoms with Crippen molar-refractivity contribution in [3.05, 3.63) is 28.0 Å². The zero-order valence-corrected chi connectivity index (χ0v) is 11.8. The Labute approximate surface area is 116 Å². The summed E-state index contributed by atoms with van der Waals surface area (Å²) in [5.41, 5.74) is 0.727. The Hall–Kier alpha value is -1.14. The third-order valence-corrected chi connectivity index (χ3v) is 3.95. The first-order chi connectivity index (χ1) is 8.63. The van der Waals surface area contributed by atoms with Crippen molar-refractivity contribution in [2.45, 2.75) is 12.3 Å². The van der Waals surface area contributed by atoms with Crippen molar-refractivity contribution >= 4 is 39.0 Å². The number of halogens is 2. The summed E-state index contributed by atoms with van der Waals surface area (Å²) < 4.78 is 7.25. The number of carbonyl (C=O) groups excluding carboxylic acids is 1. The molecule has 2 unspecified atom stereocenters. The molecule has 2 aromatic heterocycles. The number of rotatable bonds is 2. The van der Waals surface area contributed by atoms with E-state index in [0.29, 0.717) is 9.76 Å². The van der Waals surface area contributed by atoms with Gasteiger partial charge in [-0.3, -0.25) is 9.20 Å². The average molecular weight is 331 g/mol. The minimum atomic E-state index is -0.187. The monoisotopic (exact) mass is 329 g/mol. The van der Waals surface area contributed by atoms with E-state index in [2.05, 4.69) is 25.9 Å². The van der Waals surface area contributed by atoms with E-state index >= 15 is 0 Å². The molecule has 0 bridgehead atoms. The second-order valence-corrected chi connectivity index (χ2v) is 5.28. The largest absolute Gasteiger partial charge is 0.469 e. The maximum atomic E-state index is 11.5. The number of aromatic nitrogens is 3. The highest BCUT2D eigenvalue weighted by atomic mass is 79.9. The van der Waals surface area contributed by atoms with Gasteiger partial charge in [0, 0.05) is 18.3 Å². The van der Waals surface area contributed by atoms with Crippen LogP contribution in [0.2, 0.25) is 5.15 Å². The predicted octanol–water partition coefficient (Wildman–Crippen LogP) is 2.42.